The number of thioether (sulfide) groups is 1. The maximum Gasteiger partial charge on any atom is 0.342 e. The Morgan fingerprint density at radius 1 is 1.30 bits per heavy atom. The molecule has 1 aromatic heterocycles. The molecule has 0 spiro atoms. The molecule has 9 heteroatoms. The number of benzene rings is 2. The van der Waals surface area contributed by atoms with Crippen molar-refractivity contribution in [1.29, 1.82) is 0 Å². The summed E-state index contributed by atoms with van der Waals surface area (Å²) in [6, 6.07) is 11.5. The van der Waals surface area contributed by atoms with E-state index in [1.165, 1.54) is 19.3 Å². The summed E-state index contributed by atoms with van der Waals surface area (Å²) in [4.78, 5) is 15.8. The van der Waals surface area contributed by atoms with Crippen LogP contribution in [-0.4, -0.2) is 38.5 Å². The normalized spacial score (nSPS) is 11.4. The zero-order valence-corrected chi connectivity index (χ0v) is 15.6. The minimum atomic E-state index is -1.16. The molecule has 0 bridgehead atoms. The number of carboxylic acids is 1. The number of hydrogen-bond donors (Lipinski definition) is 3. The van der Waals surface area contributed by atoms with E-state index in [4.69, 9.17) is 16.3 Å². The Hall–Kier alpha value is -2.97. The number of phenolic OH excluding ortho intramolecular Hbond substituents is 1. The molecule has 0 atom stereocenters. The lowest BCUT2D eigenvalue weighted by Crippen LogP contribution is -1.97. The SMILES string of the molecule is COc1ccc(Cl)cc1-c1nc(S/C(=C\c2ccccc2O)C(=O)O)n[nH]1. The maximum atomic E-state index is 11.6. The van der Waals surface area contributed by atoms with Crippen LogP contribution in [0.25, 0.3) is 17.5 Å². The summed E-state index contributed by atoms with van der Waals surface area (Å²) in [5, 5.41) is 26.8. The third-order valence-corrected chi connectivity index (χ3v) is 4.63. The Labute approximate surface area is 163 Å². The van der Waals surface area contributed by atoms with Gasteiger partial charge in [-0.3, -0.25) is 5.10 Å². The van der Waals surface area contributed by atoms with Gasteiger partial charge in [0.15, 0.2) is 5.82 Å². The minimum Gasteiger partial charge on any atom is -0.507 e. The van der Waals surface area contributed by atoms with Crippen molar-refractivity contribution in [2.45, 2.75) is 5.16 Å². The molecule has 0 radical (unpaired) electrons. The third-order valence-electron chi connectivity index (χ3n) is 3.52. The number of aromatic nitrogens is 3. The Bertz CT molecular complexity index is 1020. The molecular weight excluding hydrogens is 390 g/mol. The first-order valence-electron chi connectivity index (χ1n) is 7.65. The second-order valence-corrected chi connectivity index (χ2v) is 6.73. The van der Waals surface area contributed by atoms with Crippen LogP contribution in [-0.2, 0) is 4.79 Å². The van der Waals surface area contributed by atoms with E-state index in [9.17, 15) is 15.0 Å². The minimum absolute atomic E-state index is 0.0174. The molecule has 0 aliphatic rings. The van der Waals surface area contributed by atoms with Gasteiger partial charge in [-0.15, -0.1) is 5.10 Å². The van der Waals surface area contributed by atoms with E-state index in [1.807, 2.05) is 0 Å². The van der Waals surface area contributed by atoms with Crippen LogP contribution in [0.4, 0.5) is 0 Å². The summed E-state index contributed by atoms with van der Waals surface area (Å²) >= 11 is 6.88. The molecule has 0 unspecified atom stereocenters. The van der Waals surface area contributed by atoms with Gasteiger partial charge in [0, 0.05) is 10.6 Å². The van der Waals surface area contributed by atoms with E-state index in [0.717, 1.165) is 11.8 Å². The van der Waals surface area contributed by atoms with Crippen LogP contribution < -0.4 is 4.74 Å². The molecule has 3 aromatic rings. The lowest BCUT2D eigenvalue weighted by atomic mass is 10.2. The van der Waals surface area contributed by atoms with Gasteiger partial charge in [-0.05, 0) is 42.1 Å². The van der Waals surface area contributed by atoms with Gasteiger partial charge in [-0.1, -0.05) is 29.8 Å². The average molecular weight is 404 g/mol. The number of nitrogens with zero attached hydrogens (tertiary/aromatic N) is 2. The van der Waals surface area contributed by atoms with E-state index < -0.39 is 5.97 Å². The molecular formula is C18H14ClN3O4S. The number of ether oxygens (including phenoxy) is 1. The number of H-pyrrole nitrogens is 1. The van der Waals surface area contributed by atoms with Gasteiger partial charge in [-0.2, -0.15) is 0 Å². The van der Waals surface area contributed by atoms with Crippen molar-refractivity contribution in [3.8, 4) is 22.9 Å². The fourth-order valence-electron chi connectivity index (χ4n) is 2.26. The van der Waals surface area contributed by atoms with Crippen LogP contribution in [0.15, 0.2) is 52.5 Å². The number of carbonyl (C=O) groups is 1. The van der Waals surface area contributed by atoms with Crippen LogP contribution in [0.5, 0.6) is 11.5 Å². The van der Waals surface area contributed by atoms with Gasteiger partial charge >= 0.3 is 5.97 Å². The number of nitrogens with one attached hydrogen (secondary N) is 1. The van der Waals surface area contributed by atoms with E-state index in [1.54, 1.807) is 36.4 Å². The quantitative estimate of drug-likeness (QED) is 0.420. The Balaban J connectivity index is 1.91. The lowest BCUT2D eigenvalue weighted by Gasteiger charge is -2.05. The molecule has 0 amide bonds. The summed E-state index contributed by atoms with van der Waals surface area (Å²) in [7, 11) is 1.52. The van der Waals surface area contributed by atoms with Crippen molar-refractivity contribution >= 4 is 35.4 Å². The first-order chi connectivity index (χ1) is 13.0. The summed E-state index contributed by atoms with van der Waals surface area (Å²) < 4.78 is 5.29. The first-order valence-corrected chi connectivity index (χ1v) is 8.84. The van der Waals surface area contributed by atoms with E-state index in [-0.39, 0.29) is 15.8 Å². The zero-order valence-electron chi connectivity index (χ0n) is 14.0. The van der Waals surface area contributed by atoms with Gasteiger partial charge in [0.1, 0.15) is 16.4 Å². The van der Waals surface area contributed by atoms with Crippen molar-refractivity contribution < 1.29 is 19.7 Å². The standard InChI is InChI=1S/C18H14ClN3O4S/c1-26-14-7-6-11(19)9-12(14)16-20-18(22-21-16)27-15(17(24)25)8-10-4-2-3-5-13(10)23/h2-9,23H,1H3,(H,24,25)(H,20,21,22)/b15-8-. The van der Waals surface area contributed by atoms with Crippen LogP contribution in [0, 0.1) is 0 Å². The second-order valence-electron chi connectivity index (χ2n) is 5.29. The number of rotatable bonds is 6. The second kappa shape index (κ2) is 8.15. The van der Waals surface area contributed by atoms with Crippen molar-refractivity contribution in [2.75, 3.05) is 7.11 Å². The Morgan fingerprint density at radius 2 is 2.07 bits per heavy atom. The molecule has 3 N–H and O–H groups in total. The van der Waals surface area contributed by atoms with Gasteiger partial charge in [0.25, 0.3) is 0 Å². The largest absolute Gasteiger partial charge is 0.507 e. The van der Waals surface area contributed by atoms with E-state index in [2.05, 4.69) is 15.2 Å². The Morgan fingerprint density at radius 3 is 2.78 bits per heavy atom. The first kappa shape index (κ1) is 18.8. The fourth-order valence-corrected chi connectivity index (χ4v) is 3.13. The van der Waals surface area contributed by atoms with Crippen LogP contribution >= 0.6 is 23.4 Å². The molecule has 2 aromatic carbocycles. The molecule has 0 saturated carbocycles. The van der Waals surface area contributed by atoms with Crippen LogP contribution in [0.1, 0.15) is 5.56 Å². The molecule has 27 heavy (non-hydrogen) atoms. The molecule has 3 rings (SSSR count). The van der Waals surface area contributed by atoms with Crippen molar-refractivity contribution in [3.63, 3.8) is 0 Å². The zero-order chi connectivity index (χ0) is 19.4. The van der Waals surface area contributed by atoms with Gasteiger partial charge in [0.05, 0.1) is 12.7 Å². The van der Waals surface area contributed by atoms with Crippen LogP contribution in [0.3, 0.4) is 0 Å². The summed E-state index contributed by atoms with van der Waals surface area (Å²) in [5.41, 5.74) is 0.987. The summed E-state index contributed by atoms with van der Waals surface area (Å²) in [6.07, 6.45) is 1.36. The Kier molecular flexibility index (Phi) is 5.68. The molecule has 7 nitrogen and oxygen atoms in total. The molecule has 1 heterocycles. The molecule has 0 aliphatic heterocycles. The number of aliphatic carboxylic acids is 1. The number of methoxy groups -OCH3 is 1. The van der Waals surface area contributed by atoms with Crippen molar-refractivity contribution in [2.24, 2.45) is 0 Å². The highest BCUT2D eigenvalue weighted by Gasteiger charge is 2.17. The number of para-hydroxylation sites is 1. The molecule has 0 aliphatic carbocycles. The molecule has 0 fully saturated rings. The number of hydrogen-bond acceptors (Lipinski definition) is 6. The van der Waals surface area contributed by atoms with E-state index >= 15 is 0 Å². The predicted octanol–water partition coefficient (Wildman–Crippen LogP) is 4.06. The van der Waals surface area contributed by atoms with Crippen molar-refractivity contribution in [1.82, 2.24) is 15.2 Å². The highest BCUT2D eigenvalue weighted by Crippen LogP contribution is 2.33. The summed E-state index contributed by atoms with van der Waals surface area (Å²) in [6.45, 7) is 0. The molecule has 0 saturated heterocycles. The number of aromatic hydroxyl groups is 1. The highest BCUT2D eigenvalue weighted by atomic mass is 35.5. The number of aromatic amines is 1. The van der Waals surface area contributed by atoms with Gasteiger partial charge < -0.3 is 14.9 Å². The number of carboxylic acid groups (broad SMARTS) is 1. The average Bonchev–Trinajstić information content (AvgIpc) is 3.11. The van der Waals surface area contributed by atoms with Crippen molar-refractivity contribution in [3.05, 3.63) is 58.0 Å². The smallest absolute Gasteiger partial charge is 0.342 e. The highest BCUT2D eigenvalue weighted by molar-refractivity contribution is 8.04. The van der Waals surface area contributed by atoms with E-state index in [0.29, 0.717) is 27.7 Å². The van der Waals surface area contributed by atoms with Gasteiger partial charge in [0.2, 0.25) is 5.16 Å². The molecule has 138 valence electrons. The summed E-state index contributed by atoms with van der Waals surface area (Å²) in [5.74, 6) is -0.231. The van der Waals surface area contributed by atoms with Crippen LogP contribution in [0.2, 0.25) is 5.02 Å². The monoisotopic (exact) mass is 403 g/mol. The number of phenols is 1. The lowest BCUT2D eigenvalue weighted by molar-refractivity contribution is -0.131. The number of halogens is 1. The maximum absolute atomic E-state index is 11.6. The topological polar surface area (TPSA) is 108 Å². The fraction of sp³-hybridized carbons (Fsp3) is 0.0556. The predicted molar refractivity (Wildman–Crippen MR) is 103 cm³/mol. The third kappa shape index (κ3) is 4.42. The van der Waals surface area contributed by atoms with Gasteiger partial charge in [-0.25, -0.2) is 9.78 Å².